The number of aliphatic hydroxyl groups excluding tert-OH is 1. The number of hydrogen-bond acceptors (Lipinski definition) is 4. The van der Waals surface area contributed by atoms with E-state index in [0.717, 1.165) is 45.3 Å². The molecule has 116 valence electrons. The number of rotatable bonds is 6. The molecule has 0 atom stereocenters. The third-order valence-corrected chi connectivity index (χ3v) is 4.48. The highest BCUT2D eigenvalue weighted by atomic mass is 16.3. The zero-order chi connectivity index (χ0) is 14.5. The largest absolute Gasteiger partial charge is 0.395 e. The second-order valence-electron chi connectivity index (χ2n) is 6.23. The Hall–Kier alpha value is -1.10. The second-order valence-corrected chi connectivity index (χ2v) is 6.23. The number of aliphatic hydroxyl groups is 1. The molecular weight excluding hydrogens is 262 g/mol. The summed E-state index contributed by atoms with van der Waals surface area (Å²) in [6.07, 6.45) is 3.86. The van der Waals surface area contributed by atoms with E-state index < -0.39 is 0 Å². The van der Waals surface area contributed by atoms with Crippen LogP contribution in [0.15, 0.2) is 24.3 Å². The van der Waals surface area contributed by atoms with E-state index in [1.165, 1.54) is 30.5 Å². The van der Waals surface area contributed by atoms with Crippen molar-refractivity contribution in [2.24, 2.45) is 0 Å². The van der Waals surface area contributed by atoms with E-state index in [4.69, 9.17) is 5.11 Å². The van der Waals surface area contributed by atoms with Gasteiger partial charge in [-0.2, -0.15) is 0 Å². The molecule has 1 saturated carbocycles. The molecule has 0 aromatic heterocycles. The van der Waals surface area contributed by atoms with Crippen molar-refractivity contribution >= 4 is 5.69 Å². The third kappa shape index (κ3) is 4.43. The molecule has 3 rings (SSSR count). The van der Waals surface area contributed by atoms with Crippen LogP contribution in [0.1, 0.15) is 24.8 Å². The van der Waals surface area contributed by atoms with Crippen LogP contribution in [0.3, 0.4) is 0 Å². The molecule has 0 spiro atoms. The van der Waals surface area contributed by atoms with E-state index >= 15 is 0 Å². The minimum Gasteiger partial charge on any atom is -0.395 e. The summed E-state index contributed by atoms with van der Waals surface area (Å²) in [5.74, 6) is 0. The Kier molecular flexibility index (Phi) is 5.12. The van der Waals surface area contributed by atoms with Crippen LogP contribution in [0.5, 0.6) is 0 Å². The van der Waals surface area contributed by atoms with Crippen molar-refractivity contribution in [1.29, 1.82) is 0 Å². The SMILES string of the molecule is OCCN1CCCN(c2ccc(CNC3CC3)cc2)CC1. The van der Waals surface area contributed by atoms with Gasteiger partial charge in [0.05, 0.1) is 6.61 Å². The van der Waals surface area contributed by atoms with E-state index in [0.29, 0.717) is 0 Å². The maximum Gasteiger partial charge on any atom is 0.0558 e. The molecule has 21 heavy (non-hydrogen) atoms. The maximum absolute atomic E-state index is 9.06. The van der Waals surface area contributed by atoms with Crippen molar-refractivity contribution in [3.05, 3.63) is 29.8 Å². The summed E-state index contributed by atoms with van der Waals surface area (Å²) < 4.78 is 0. The minimum atomic E-state index is 0.267. The molecule has 1 aromatic carbocycles. The standard InChI is InChI=1S/C17H27N3O/c21-13-12-19-8-1-9-20(11-10-19)17-6-2-15(3-7-17)14-18-16-4-5-16/h2-3,6-7,16,18,21H,1,4-5,8-14H2. The van der Waals surface area contributed by atoms with E-state index in [1.807, 2.05) is 0 Å². The average Bonchev–Trinajstić information content (AvgIpc) is 3.34. The summed E-state index contributed by atoms with van der Waals surface area (Å²) in [6, 6.07) is 9.78. The van der Waals surface area contributed by atoms with Gasteiger partial charge >= 0.3 is 0 Å². The van der Waals surface area contributed by atoms with E-state index in [-0.39, 0.29) is 6.61 Å². The Labute approximate surface area is 127 Å². The molecule has 1 aliphatic carbocycles. The molecule has 0 amide bonds. The van der Waals surface area contributed by atoms with E-state index in [2.05, 4.69) is 39.4 Å². The summed E-state index contributed by atoms with van der Waals surface area (Å²) in [4.78, 5) is 4.82. The summed E-state index contributed by atoms with van der Waals surface area (Å²) in [7, 11) is 0. The number of benzene rings is 1. The first-order valence-corrected chi connectivity index (χ1v) is 8.25. The van der Waals surface area contributed by atoms with Crippen LogP contribution in [0.4, 0.5) is 5.69 Å². The molecule has 1 heterocycles. The highest BCUT2D eigenvalue weighted by Gasteiger charge is 2.20. The van der Waals surface area contributed by atoms with Crippen LogP contribution in [-0.2, 0) is 6.54 Å². The van der Waals surface area contributed by atoms with Crippen LogP contribution >= 0.6 is 0 Å². The van der Waals surface area contributed by atoms with E-state index in [9.17, 15) is 0 Å². The van der Waals surface area contributed by atoms with Crippen molar-refractivity contribution in [1.82, 2.24) is 10.2 Å². The second kappa shape index (κ2) is 7.25. The number of nitrogens with zero attached hydrogens (tertiary/aromatic N) is 2. The van der Waals surface area contributed by atoms with Crippen molar-refractivity contribution < 1.29 is 5.11 Å². The summed E-state index contributed by atoms with van der Waals surface area (Å²) in [6.45, 7) is 6.38. The lowest BCUT2D eigenvalue weighted by atomic mass is 10.2. The maximum atomic E-state index is 9.06. The van der Waals surface area contributed by atoms with Crippen LogP contribution in [0, 0.1) is 0 Å². The Morgan fingerprint density at radius 2 is 1.86 bits per heavy atom. The summed E-state index contributed by atoms with van der Waals surface area (Å²) in [5, 5.41) is 12.6. The monoisotopic (exact) mass is 289 g/mol. The van der Waals surface area contributed by atoms with Crippen molar-refractivity contribution in [2.75, 3.05) is 44.2 Å². The van der Waals surface area contributed by atoms with Gasteiger partial charge < -0.3 is 15.3 Å². The molecule has 4 heteroatoms. The van der Waals surface area contributed by atoms with Gasteiger partial charge in [-0.3, -0.25) is 4.90 Å². The van der Waals surface area contributed by atoms with Gasteiger partial charge in [0.25, 0.3) is 0 Å². The van der Waals surface area contributed by atoms with Gasteiger partial charge in [-0.25, -0.2) is 0 Å². The highest BCUT2D eigenvalue weighted by Crippen LogP contribution is 2.21. The van der Waals surface area contributed by atoms with Crippen LogP contribution in [-0.4, -0.2) is 55.4 Å². The number of nitrogens with one attached hydrogen (secondary N) is 1. The number of β-amino-alcohol motifs (C(OH)–C–C–N with tert-alkyl or cyclic N) is 1. The molecular formula is C17H27N3O. The molecule has 1 saturated heterocycles. The van der Waals surface area contributed by atoms with Gasteiger partial charge in [-0.05, 0) is 43.5 Å². The highest BCUT2D eigenvalue weighted by molar-refractivity contribution is 5.47. The molecule has 2 N–H and O–H groups in total. The Balaban J connectivity index is 1.53. The molecule has 0 bridgehead atoms. The smallest absolute Gasteiger partial charge is 0.0558 e. The molecule has 2 aliphatic rings. The average molecular weight is 289 g/mol. The Morgan fingerprint density at radius 3 is 2.57 bits per heavy atom. The molecule has 0 unspecified atom stereocenters. The predicted molar refractivity (Wildman–Crippen MR) is 86.7 cm³/mol. The fraction of sp³-hybridized carbons (Fsp3) is 0.647. The van der Waals surface area contributed by atoms with E-state index in [1.54, 1.807) is 0 Å². The predicted octanol–water partition coefficient (Wildman–Crippen LogP) is 1.44. The summed E-state index contributed by atoms with van der Waals surface area (Å²) >= 11 is 0. The first-order valence-electron chi connectivity index (χ1n) is 8.25. The fourth-order valence-electron chi connectivity index (χ4n) is 2.97. The van der Waals surface area contributed by atoms with Crippen LogP contribution < -0.4 is 10.2 Å². The fourth-order valence-corrected chi connectivity index (χ4v) is 2.97. The van der Waals surface area contributed by atoms with Crippen molar-refractivity contribution in [3.8, 4) is 0 Å². The lowest BCUT2D eigenvalue weighted by Crippen LogP contribution is -2.32. The van der Waals surface area contributed by atoms with Gasteiger partial charge in [0, 0.05) is 44.5 Å². The van der Waals surface area contributed by atoms with Crippen molar-refractivity contribution in [3.63, 3.8) is 0 Å². The zero-order valence-electron chi connectivity index (χ0n) is 12.8. The minimum absolute atomic E-state index is 0.267. The quantitative estimate of drug-likeness (QED) is 0.831. The number of anilines is 1. The van der Waals surface area contributed by atoms with Gasteiger partial charge in [0.2, 0.25) is 0 Å². The summed E-state index contributed by atoms with van der Waals surface area (Å²) in [5.41, 5.74) is 2.71. The third-order valence-electron chi connectivity index (χ3n) is 4.48. The zero-order valence-corrected chi connectivity index (χ0v) is 12.8. The molecule has 1 aromatic rings. The van der Waals surface area contributed by atoms with Gasteiger partial charge in [0.15, 0.2) is 0 Å². The normalized spacial score (nSPS) is 20.5. The molecule has 2 fully saturated rings. The molecule has 4 nitrogen and oxygen atoms in total. The Morgan fingerprint density at radius 1 is 1.05 bits per heavy atom. The van der Waals surface area contributed by atoms with Gasteiger partial charge in [-0.1, -0.05) is 12.1 Å². The lowest BCUT2D eigenvalue weighted by molar-refractivity contribution is 0.204. The van der Waals surface area contributed by atoms with Crippen LogP contribution in [0.2, 0.25) is 0 Å². The topological polar surface area (TPSA) is 38.7 Å². The molecule has 1 aliphatic heterocycles. The number of hydrogen-bond donors (Lipinski definition) is 2. The van der Waals surface area contributed by atoms with Crippen molar-refractivity contribution in [2.45, 2.75) is 31.8 Å². The van der Waals surface area contributed by atoms with Gasteiger partial charge in [-0.15, -0.1) is 0 Å². The van der Waals surface area contributed by atoms with Gasteiger partial charge in [0.1, 0.15) is 0 Å². The van der Waals surface area contributed by atoms with Crippen LogP contribution in [0.25, 0.3) is 0 Å². The molecule has 0 radical (unpaired) electrons. The first kappa shape index (κ1) is 14.8. The Bertz CT molecular complexity index is 430. The first-order chi connectivity index (χ1) is 10.3. The lowest BCUT2D eigenvalue weighted by Gasteiger charge is -2.23.